The minimum Gasteiger partial charge on any atom is -0.398 e. The van der Waals surface area contributed by atoms with Crippen molar-refractivity contribution in [2.75, 3.05) is 5.73 Å². The maximum Gasteiger partial charge on any atom is 0.200 e. The first-order chi connectivity index (χ1) is 9.65. The molecule has 0 aliphatic carbocycles. The summed E-state index contributed by atoms with van der Waals surface area (Å²) in [4.78, 5) is 12.4. The minimum atomic E-state index is -0.0453. The molecule has 5 nitrogen and oxygen atoms in total. The number of carbonyl (C=O) groups excluding carboxylic acids is 1. The number of hydrogen-bond donors (Lipinski definition) is 1. The molecule has 0 aliphatic rings. The first kappa shape index (κ1) is 12.7. The molecular formula is C14H12N4OS. The summed E-state index contributed by atoms with van der Waals surface area (Å²) in [5, 5.41) is 8.99. The van der Waals surface area contributed by atoms with Crippen LogP contribution in [0.5, 0.6) is 0 Å². The standard InChI is InChI=1S/C14H12N4OS/c1-9(19)11-8-10(5-6-12(11)15)20-14-17-16-13-4-2-3-7-18(13)14/h2-8H,15H2,1H3. The lowest BCUT2D eigenvalue weighted by molar-refractivity contribution is 0.101. The fourth-order valence-electron chi connectivity index (χ4n) is 1.90. The van der Waals surface area contributed by atoms with E-state index in [1.54, 1.807) is 12.1 Å². The number of benzene rings is 1. The van der Waals surface area contributed by atoms with E-state index < -0.39 is 0 Å². The van der Waals surface area contributed by atoms with Crippen LogP contribution in [0.3, 0.4) is 0 Å². The van der Waals surface area contributed by atoms with Gasteiger partial charge in [0.1, 0.15) is 0 Å². The molecule has 2 aromatic heterocycles. The van der Waals surface area contributed by atoms with Crippen LogP contribution in [-0.4, -0.2) is 20.4 Å². The molecular weight excluding hydrogens is 272 g/mol. The molecule has 20 heavy (non-hydrogen) atoms. The largest absolute Gasteiger partial charge is 0.398 e. The minimum absolute atomic E-state index is 0.0453. The number of nitrogen functional groups attached to an aromatic ring is 1. The molecule has 3 aromatic rings. The summed E-state index contributed by atoms with van der Waals surface area (Å²) < 4.78 is 1.90. The van der Waals surface area contributed by atoms with Gasteiger partial charge in [0, 0.05) is 22.3 Å². The zero-order valence-electron chi connectivity index (χ0n) is 10.8. The topological polar surface area (TPSA) is 73.3 Å². The molecule has 0 bridgehead atoms. The highest BCUT2D eigenvalue weighted by atomic mass is 32.2. The Balaban J connectivity index is 1.99. The van der Waals surface area contributed by atoms with Gasteiger partial charge in [0.25, 0.3) is 0 Å². The number of fused-ring (bicyclic) bond motifs is 1. The third-order valence-corrected chi connectivity index (χ3v) is 3.85. The SMILES string of the molecule is CC(=O)c1cc(Sc2nnc3ccccn23)ccc1N. The van der Waals surface area contributed by atoms with Crippen LogP contribution in [0.1, 0.15) is 17.3 Å². The van der Waals surface area contributed by atoms with Crippen molar-refractivity contribution < 1.29 is 4.79 Å². The predicted molar refractivity (Wildman–Crippen MR) is 78.0 cm³/mol. The first-order valence-electron chi connectivity index (χ1n) is 6.03. The number of nitrogens with two attached hydrogens (primary N) is 1. The maximum atomic E-state index is 11.5. The summed E-state index contributed by atoms with van der Waals surface area (Å²) in [7, 11) is 0. The first-order valence-corrected chi connectivity index (χ1v) is 6.85. The predicted octanol–water partition coefficient (Wildman–Crippen LogP) is 2.67. The second kappa shape index (κ2) is 4.97. The lowest BCUT2D eigenvalue weighted by Gasteiger charge is -2.05. The summed E-state index contributed by atoms with van der Waals surface area (Å²) in [5.41, 5.74) is 7.60. The van der Waals surface area contributed by atoms with Gasteiger partial charge in [-0.25, -0.2) is 0 Å². The number of carbonyl (C=O) groups is 1. The Hall–Kier alpha value is -2.34. The van der Waals surface area contributed by atoms with Crippen LogP contribution in [0.4, 0.5) is 5.69 Å². The highest BCUT2D eigenvalue weighted by Crippen LogP contribution is 2.29. The van der Waals surface area contributed by atoms with Crippen molar-refractivity contribution in [3.05, 3.63) is 48.2 Å². The van der Waals surface area contributed by atoms with Crippen LogP contribution in [0, 0.1) is 0 Å². The zero-order valence-corrected chi connectivity index (χ0v) is 11.6. The molecule has 0 saturated carbocycles. The van der Waals surface area contributed by atoms with Crippen molar-refractivity contribution in [3.63, 3.8) is 0 Å². The van der Waals surface area contributed by atoms with Crippen molar-refractivity contribution in [2.24, 2.45) is 0 Å². The van der Waals surface area contributed by atoms with Crippen LogP contribution < -0.4 is 5.73 Å². The van der Waals surface area contributed by atoms with Crippen LogP contribution in [0.25, 0.3) is 5.65 Å². The van der Waals surface area contributed by atoms with Gasteiger partial charge in [-0.05, 0) is 49.0 Å². The Morgan fingerprint density at radius 2 is 2.10 bits per heavy atom. The van der Waals surface area contributed by atoms with Gasteiger partial charge in [-0.1, -0.05) is 6.07 Å². The summed E-state index contributed by atoms with van der Waals surface area (Å²) in [6.45, 7) is 1.51. The van der Waals surface area contributed by atoms with E-state index in [9.17, 15) is 4.79 Å². The van der Waals surface area contributed by atoms with Gasteiger partial charge >= 0.3 is 0 Å². The van der Waals surface area contributed by atoms with Gasteiger partial charge in [0.2, 0.25) is 0 Å². The lowest BCUT2D eigenvalue weighted by atomic mass is 10.1. The van der Waals surface area contributed by atoms with Crippen molar-refractivity contribution in [3.8, 4) is 0 Å². The number of anilines is 1. The highest BCUT2D eigenvalue weighted by molar-refractivity contribution is 7.99. The van der Waals surface area contributed by atoms with Crippen molar-refractivity contribution in [1.82, 2.24) is 14.6 Å². The second-order valence-corrected chi connectivity index (χ2v) is 5.36. The van der Waals surface area contributed by atoms with E-state index in [2.05, 4.69) is 10.2 Å². The second-order valence-electron chi connectivity index (χ2n) is 4.32. The molecule has 0 amide bonds. The summed E-state index contributed by atoms with van der Waals surface area (Å²) in [6, 6.07) is 11.1. The Morgan fingerprint density at radius 1 is 1.25 bits per heavy atom. The van der Waals surface area contributed by atoms with Gasteiger partial charge < -0.3 is 5.73 Å². The Bertz CT molecular complexity index is 797. The Labute approximate surface area is 119 Å². The summed E-state index contributed by atoms with van der Waals surface area (Å²) in [5.74, 6) is -0.0453. The van der Waals surface area contributed by atoms with Crippen LogP contribution >= 0.6 is 11.8 Å². The molecule has 0 atom stereocenters. The fraction of sp³-hybridized carbons (Fsp3) is 0.0714. The molecule has 0 spiro atoms. The summed E-state index contributed by atoms with van der Waals surface area (Å²) >= 11 is 1.45. The lowest BCUT2D eigenvalue weighted by Crippen LogP contribution is -1.99. The van der Waals surface area contributed by atoms with Crippen molar-refractivity contribution in [2.45, 2.75) is 17.0 Å². The number of hydrogen-bond acceptors (Lipinski definition) is 5. The highest BCUT2D eigenvalue weighted by Gasteiger charge is 2.10. The van der Waals surface area contributed by atoms with Crippen molar-refractivity contribution >= 4 is 28.9 Å². The molecule has 0 aliphatic heterocycles. The van der Waals surface area contributed by atoms with Gasteiger partial charge in [0.05, 0.1) is 0 Å². The molecule has 2 heterocycles. The maximum absolute atomic E-state index is 11.5. The third-order valence-electron chi connectivity index (χ3n) is 2.90. The van der Waals surface area contributed by atoms with E-state index in [1.165, 1.54) is 18.7 Å². The number of aromatic nitrogens is 3. The number of ketones is 1. The molecule has 0 saturated heterocycles. The van der Waals surface area contributed by atoms with E-state index in [1.807, 2.05) is 34.9 Å². The Morgan fingerprint density at radius 3 is 2.90 bits per heavy atom. The molecule has 100 valence electrons. The van der Waals surface area contributed by atoms with Gasteiger partial charge in [-0.2, -0.15) is 0 Å². The van der Waals surface area contributed by atoms with E-state index in [4.69, 9.17) is 5.73 Å². The number of rotatable bonds is 3. The monoisotopic (exact) mass is 284 g/mol. The zero-order chi connectivity index (χ0) is 14.1. The quantitative estimate of drug-likeness (QED) is 0.591. The van der Waals surface area contributed by atoms with Crippen molar-refractivity contribution in [1.29, 1.82) is 0 Å². The molecule has 1 aromatic carbocycles. The normalized spacial score (nSPS) is 10.8. The molecule has 2 N–H and O–H groups in total. The smallest absolute Gasteiger partial charge is 0.200 e. The van der Waals surface area contributed by atoms with E-state index in [0.29, 0.717) is 11.3 Å². The Kier molecular flexibility index (Phi) is 3.15. The van der Waals surface area contributed by atoms with Crippen LogP contribution in [0.2, 0.25) is 0 Å². The molecule has 3 rings (SSSR count). The van der Waals surface area contributed by atoms with Crippen LogP contribution in [0.15, 0.2) is 52.6 Å². The van der Waals surface area contributed by atoms with E-state index >= 15 is 0 Å². The van der Waals surface area contributed by atoms with E-state index in [-0.39, 0.29) is 5.78 Å². The fourth-order valence-corrected chi connectivity index (χ4v) is 2.76. The summed E-state index contributed by atoms with van der Waals surface area (Å²) in [6.07, 6.45) is 1.90. The van der Waals surface area contributed by atoms with E-state index in [0.717, 1.165) is 15.7 Å². The average Bonchev–Trinajstić information content (AvgIpc) is 2.84. The van der Waals surface area contributed by atoms with Gasteiger partial charge in [-0.3, -0.25) is 9.20 Å². The van der Waals surface area contributed by atoms with Gasteiger partial charge in [0.15, 0.2) is 16.6 Å². The third kappa shape index (κ3) is 2.25. The molecule has 0 unspecified atom stereocenters. The van der Waals surface area contributed by atoms with Gasteiger partial charge in [-0.15, -0.1) is 10.2 Å². The molecule has 0 fully saturated rings. The molecule has 6 heteroatoms. The molecule has 0 radical (unpaired) electrons. The average molecular weight is 284 g/mol. The number of nitrogens with zero attached hydrogens (tertiary/aromatic N) is 3. The van der Waals surface area contributed by atoms with Crippen LogP contribution in [-0.2, 0) is 0 Å². The number of pyridine rings is 1. The number of Topliss-reactive ketones (excluding diaryl/α,β-unsaturated/α-hetero) is 1.